The summed E-state index contributed by atoms with van der Waals surface area (Å²) >= 11 is 1.27. The van der Waals surface area contributed by atoms with Crippen LogP contribution in [-0.4, -0.2) is 31.7 Å². The van der Waals surface area contributed by atoms with E-state index in [1.807, 2.05) is 0 Å². The normalized spacial score (nSPS) is 20.9. The van der Waals surface area contributed by atoms with Crippen molar-refractivity contribution in [3.05, 3.63) is 22.4 Å². The summed E-state index contributed by atoms with van der Waals surface area (Å²) in [7, 11) is -2.97. The van der Waals surface area contributed by atoms with Crippen LogP contribution in [0.25, 0.3) is 0 Å². The monoisotopic (exact) mass is 302 g/mol. The van der Waals surface area contributed by atoms with E-state index in [4.69, 9.17) is 0 Å². The number of hydrazine groups is 1. The number of hydrogen-bond donors (Lipinski definition) is 2. The number of amides is 2. The molecular formula is C11H14N2O4S2. The number of sulfone groups is 1. The predicted octanol–water partition coefficient (Wildman–Crippen LogP) is 0.334. The summed E-state index contributed by atoms with van der Waals surface area (Å²) in [6.07, 6.45) is 0.624. The molecule has 1 aliphatic heterocycles. The molecule has 0 spiro atoms. The van der Waals surface area contributed by atoms with Crippen molar-refractivity contribution in [1.29, 1.82) is 0 Å². The van der Waals surface area contributed by atoms with Crippen LogP contribution < -0.4 is 10.9 Å². The molecule has 8 heteroatoms. The van der Waals surface area contributed by atoms with Crippen LogP contribution in [0.2, 0.25) is 0 Å². The predicted molar refractivity (Wildman–Crippen MR) is 71.3 cm³/mol. The summed E-state index contributed by atoms with van der Waals surface area (Å²) in [5.41, 5.74) is 4.60. The molecule has 0 unspecified atom stereocenters. The van der Waals surface area contributed by atoms with Crippen LogP contribution in [0.1, 0.15) is 22.5 Å². The summed E-state index contributed by atoms with van der Waals surface area (Å²) in [5.74, 6) is -0.691. The van der Waals surface area contributed by atoms with E-state index >= 15 is 0 Å². The van der Waals surface area contributed by atoms with Crippen LogP contribution in [0.4, 0.5) is 0 Å². The van der Waals surface area contributed by atoms with Gasteiger partial charge < -0.3 is 0 Å². The van der Waals surface area contributed by atoms with Gasteiger partial charge in [0.05, 0.1) is 16.4 Å². The number of carbonyl (C=O) groups excluding carboxylic acids is 2. The third-order valence-electron chi connectivity index (χ3n) is 2.86. The van der Waals surface area contributed by atoms with Crippen LogP contribution in [0.5, 0.6) is 0 Å². The molecule has 6 nitrogen and oxygen atoms in total. The first kappa shape index (κ1) is 14.0. The molecule has 1 atom stereocenters. The minimum absolute atomic E-state index is 0.0549. The minimum Gasteiger partial charge on any atom is -0.273 e. The van der Waals surface area contributed by atoms with Gasteiger partial charge in [-0.2, -0.15) is 0 Å². The lowest BCUT2D eigenvalue weighted by Gasteiger charge is -2.09. The minimum atomic E-state index is -2.97. The molecule has 0 aromatic carbocycles. The van der Waals surface area contributed by atoms with Crippen molar-refractivity contribution in [2.45, 2.75) is 12.8 Å². The molecule has 1 aromatic heterocycles. The van der Waals surface area contributed by atoms with Crippen LogP contribution in [0.3, 0.4) is 0 Å². The number of rotatable bonds is 3. The Hall–Kier alpha value is -1.41. The van der Waals surface area contributed by atoms with Crippen molar-refractivity contribution >= 4 is 33.0 Å². The van der Waals surface area contributed by atoms with Gasteiger partial charge in [0, 0.05) is 6.42 Å². The zero-order chi connectivity index (χ0) is 13.9. The lowest BCUT2D eigenvalue weighted by molar-refractivity contribution is -0.122. The Kier molecular flexibility index (Phi) is 4.20. The molecule has 1 saturated heterocycles. The average Bonchev–Trinajstić information content (AvgIpc) is 2.96. The standard InChI is InChI=1S/C11H14N2O4S2/c14-10(6-8-3-5-19(16,17)7-8)12-13-11(15)9-2-1-4-18-9/h1-2,4,8H,3,5-7H2,(H,12,14)(H,13,15)/t8-/m1/s1. The van der Waals surface area contributed by atoms with Crippen molar-refractivity contribution in [2.24, 2.45) is 5.92 Å². The van der Waals surface area contributed by atoms with Gasteiger partial charge in [-0.05, 0) is 23.8 Å². The first-order chi connectivity index (χ1) is 8.96. The summed E-state index contributed by atoms with van der Waals surface area (Å²) in [6, 6.07) is 3.39. The van der Waals surface area contributed by atoms with Gasteiger partial charge in [-0.1, -0.05) is 6.07 Å². The molecule has 19 heavy (non-hydrogen) atoms. The van der Waals surface area contributed by atoms with Crippen molar-refractivity contribution in [3.63, 3.8) is 0 Å². The Morgan fingerprint density at radius 3 is 2.74 bits per heavy atom. The van der Waals surface area contributed by atoms with Crippen molar-refractivity contribution < 1.29 is 18.0 Å². The molecule has 2 heterocycles. The third-order valence-corrected chi connectivity index (χ3v) is 5.57. The summed E-state index contributed by atoms with van der Waals surface area (Å²) < 4.78 is 22.5. The van der Waals surface area contributed by atoms with Gasteiger partial charge in [0.1, 0.15) is 0 Å². The van der Waals surface area contributed by atoms with Crippen LogP contribution in [0, 0.1) is 5.92 Å². The van der Waals surface area contributed by atoms with Crippen molar-refractivity contribution in [2.75, 3.05) is 11.5 Å². The molecule has 0 bridgehead atoms. The molecule has 104 valence electrons. The number of nitrogens with one attached hydrogen (secondary N) is 2. The van der Waals surface area contributed by atoms with Gasteiger partial charge in [0.2, 0.25) is 5.91 Å². The molecule has 1 aliphatic rings. The molecular weight excluding hydrogens is 288 g/mol. The lowest BCUT2D eigenvalue weighted by atomic mass is 10.1. The first-order valence-corrected chi connectivity index (χ1v) is 8.49. The second-order valence-corrected chi connectivity index (χ2v) is 7.63. The Morgan fingerprint density at radius 2 is 2.16 bits per heavy atom. The fourth-order valence-corrected chi connectivity index (χ4v) is 4.42. The third kappa shape index (κ3) is 4.03. The van der Waals surface area contributed by atoms with Crippen LogP contribution >= 0.6 is 11.3 Å². The average molecular weight is 302 g/mol. The molecule has 1 aromatic rings. The summed E-state index contributed by atoms with van der Waals surface area (Å²) in [6.45, 7) is 0. The summed E-state index contributed by atoms with van der Waals surface area (Å²) in [4.78, 5) is 23.6. The fraction of sp³-hybridized carbons (Fsp3) is 0.455. The molecule has 2 rings (SSSR count). The van der Waals surface area contributed by atoms with E-state index in [0.29, 0.717) is 11.3 Å². The Labute approximate surface area is 115 Å². The SMILES string of the molecule is O=C(C[C@H]1CCS(=O)(=O)C1)NNC(=O)c1cccs1. The van der Waals surface area contributed by atoms with E-state index in [2.05, 4.69) is 10.9 Å². The van der Waals surface area contributed by atoms with Crippen LogP contribution in [0.15, 0.2) is 17.5 Å². The lowest BCUT2D eigenvalue weighted by Crippen LogP contribution is -2.42. The highest BCUT2D eigenvalue weighted by atomic mass is 32.2. The number of thiophene rings is 1. The highest BCUT2D eigenvalue weighted by molar-refractivity contribution is 7.91. The topological polar surface area (TPSA) is 92.3 Å². The Bertz CT molecular complexity index is 566. The second kappa shape index (κ2) is 5.70. The molecule has 0 radical (unpaired) electrons. The van der Waals surface area contributed by atoms with E-state index in [0.717, 1.165) is 0 Å². The van der Waals surface area contributed by atoms with Crippen molar-refractivity contribution in [1.82, 2.24) is 10.9 Å². The largest absolute Gasteiger partial charge is 0.279 e. The van der Waals surface area contributed by atoms with Gasteiger partial charge >= 0.3 is 0 Å². The highest BCUT2D eigenvalue weighted by Gasteiger charge is 2.29. The van der Waals surface area contributed by atoms with E-state index < -0.39 is 9.84 Å². The van der Waals surface area contributed by atoms with E-state index in [1.54, 1.807) is 17.5 Å². The molecule has 2 N–H and O–H groups in total. The van der Waals surface area contributed by atoms with Gasteiger partial charge in [0.25, 0.3) is 5.91 Å². The van der Waals surface area contributed by atoms with Gasteiger partial charge in [-0.3, -0.25) is 20.4 Å². The van der Waals surface area contributed by atoms with E-state index in [9.17, 15) is 18.0 Å². The zero-order valence-corrected chi connectivity index (χ0v) is 11.7. The van der Waals surface area contributed by atoms with Gasteiger partial charge in [-0.25, -0.2) is 8.42 Å². The maximum absolute atomic E-state index is 11.6. The molecule has 1 fully saturated rings. The van der Waals surface area contributed by atoms with Crippen molar-refractivity contribution in [3.8, 4) is 0 Å². The Balaban J connectivity index is 1.75. The van der Waals surface area contributed by atoms with Gasteiger partial charge in [-0.15, -0.1) is 11.3 Å². The smallest absolute Gasteiger partial charge is 0.273 e. The number of hydrogen-bond acceptors (Lipinski definition) is 5. The zero-order valence-electron chi connectivity index (χ0n) is 10.1. The molecule has 0 saturated carbocycles. The summed E-state index contributed by atoms with van der Waals surface area (Å²) in [5, 5.41) is 1.76. The molecule has 2 amide bonds. The first-order valence-electron chi connectivity index (χ1n) is 5.79. The van der Waals surface area contributed by atoms with Crippen LogP contribution in [-0.2, 0) is 14.6 Å². The highest BCUT2D eigenvalue weighted by Crippen LogP contribution is 2.21. The second-order valence-electron chi connectivity index (χ2n) is 4.45. The quantitative estimate of drug-likeness (QED) is 0.787. The maximum Gasteiger partial charge on any atom is 0.279 e. The fourth-order valence-electron chi connectivity index (χ4n) is 1.94. The Morgan fingerprint density at radius 1 is 1.37 bits per heavy atom. The number of carbonyl (C=O) groups is 2. The van der Waals surface area contributed by atoms with Gasteiger partial charge in [0.15, 0.2) is 9.84 Å². The van der Waals surface area contributed by atoms with E-state index in [1.165, 1.54) is 11.3 Å². The molecule has 0 aliphatic carbocycles. The van der Waals surface area contributed by atoms with E-state index in [-0.39, 0.29) is 35.7 Å². The maximum atomic E-state index is 11.6.